The summed E-state index contributed by atoms with van der Waals surface area (Å²) >= 11 is 7.79. The van der Waals surface area contributed by atoms with E-state index in [9.17, 15) is 5.11 Å². The highest BCUT2D eigenvalue weighted by molar-refractivity contribution is 7.16. The Bertz CT molecular complexity index is 782. The number of pyridine rings is 1. The Morgan fingerprint density at radius 2 is 2.35 bits per heavy atom. The molecule has 2 aromatic heterocycles. The summed E-state index contributed by atoms with van der Waals surface area (Å²) in [5, 5.41) is 10.2. The van der Waals surface area contributed by atoms with Gasteiger partial charge in [-0.3, -0.25) is 4.90 Å². The Hall–Kier alpha value is -1.18. The molecule has 3 atom stereocenters. The molecule has 1 saturated heterocycles. The van der Waals surface area contributed by atoms with Crippen molar-refractivity contribution in [2.24, 2.45) is 0 Å². The van der Waals surface area contributed by atoms with E-state index in [1.165, 1.54) is 5.56 Å². The topological polar surface area (TPSA) is 54.8 Å². The Kier molecular flexibility index (Phi) is 4.96. The molecule has 26 heavy (non-hydrogen) atoms. The van der Waals surface area contributed by atoms with Crippen molar-refractivity contribution in [1.29, 1.82) is 0 Å². The molecule has 0 amide bonds. The van der Waals surface area contributed by atoms with E-state index in [0.29, 0.717) is 18.5 Å². The molecule has 0 radical (unpaired) electrons. The molecule has 0 aromatic carbocycles. The number of aromatic nitrogens is 1. The van der Waals surface area contributed by atoms with Crippen LogP contribution in [0.3, 0.4) is 0 Å². The minimum atomic E-state index is -0.571. The van der Waals surface area contributed by atoms with Crippen LogP contribution in [-0.4, -0.2) is 41.3 Å². The summed E-state index contributed by atoms with van der Waals surface area (Å²) < 4.78 is 12.1. The average molecular weight is 395 g/mol. The van der Waals surface area contributed by atoms with E-state index in [4.69, 9.17) is 21.1 Å². The lowest BCUT2D eigenvalue weighted by Crippen LogP contribution is -2.50. The standard InChI is InChI=1S/C19H23ClN2O3S/c1-12-8-19(18-14(7-16(20)26-18)15(23)11-25-19)5-6-22(12)10-13-3-4-17(24-2)21-9-13/h3-4,7,9,12,15,23H,5-6,8,10-11H2,1-2H3/t12-,15-,19+/m0/s1. The molecule has 2 aliphatic heterocycles. The first kappa shape index (κ1) is 18.2. The Balaban J connectivity index is 1.50. The lowest BCUT2D eigenvalue weighted by atomic mass is 9.81. The van der Waals surface area contributed by atoms with E-state index in [-0.39, 0.29) is 5.60 Å². The van der Waals surface area contributed by atoms with Crippen LogP contribution in [-0.2, 0) is 16.9 Å². The minimum Gasteiger partial charge on any atom is -0.481 e. The van der Waals surface area contributed by atoms with Gasteiger partial charge in [0, 0.05) is 41.8 Å². The van der Waals surface area contributed by atoms with Gasteiger partial charge in [-0.15, -0.1) is 11.3 Å². The molecular formula is C19H23ClN2O3S. The van der Waals surface area contributed by atoms with Crippen molar-refractivity contribution in [3.8, 4) is 5.88 Å². The van der Waals surface area contributed by atoms with Crippen LogP contribution in [0.25, 0.3) is 0 Å². The van der Waals surface area contributed by atoms with E-state index < -0.39 is 6.10 Å². The number of aliphatic hydroxyl groups is 1. The first-order valence-corrected chi connectivity index (χ1v) is 10.0. The van der Waals surface area contributed by atoms with E-state index >= 15 is 0 Å². The predicted octanol–water partition coefficient (Wildman–Crippen LogP) is 3.75. The molecule has 4 heterocycles. The summed E-state index contributed by atoms with van der Waals surface area (Å²) in [6, 6.07) is 6.22. The van der Waals surface area contributed by atoms with Gasteiger partial charge in [0.1, 0.15) is 11.7 Å². The fourth-order valence-electron chi connectivity index (χ4n) is 4.06. The summed E-state index contributed by atoms with van der Waals surface area (Å²) in [6.07, 6.45) is 3.10. The molecule has 2 aromatic rings. The number of hydrogen-bond acceptors (Lipinski definition) is 6. The molecule has 7 heteroatoms. The zero-order chi connectivity index (χ0) is 18.3. The van der Waals surface area contributed by atoms with Crippen LogP contribution in [0.1, 0.15) is 41.9 Å². The van der Waals surface area contributed by atoms with Crippen LogP contribution >= 0.6 is 22.9 Å². The summed E-state index contributed by atoms with van der Waals surface area (Å²) in [5.41, 5.74) is 1.81. The van der Waals surface area contributed by atoms with Gasteiger partial charge in [-0.25, -0.2) is 4.98 Å². The molecule has 0 aliphatic carbocycles. The normalized spacial score (nSPS) is 28.9. The maximum absolute atomic E-state index is 10.2. The van der Waals surface area contributed by atoms with Crippen molar-refractivity contribution >= 4 is 22.9 Å². The minimum absolute atomic E-state index is 0.319. The number of halogens is 1. The first-order valence-electron chi connectivity index (χ1n) is 8.85. The smallest absolute Gasteiger partial charge is 0.212 e. The molecule has 1 N–H and O–H groups in total. The quantitative estimate of drug-likeness (QED) is 0.859. The predicted molar refractivity (Wildman–Crippen MR) is 102 cm³/mol. The average Bonchev–Trinajstić information content (AvgIpc) is 3.05. The summed E-state index contributed by atoms with van der Waals surface area (Å²) in [5.74, 6) is 0.635. The van der Waals surface area contributed by atoms with Crippen LogP contribution in [0.15, 0.2) is 24.4 Å². The van der Waals surface area contributed by atoms with Crippen molar-refractivity contribution in [1.82, 2.24) is 9.88 Å². The Morgan fingerprint density at radius 1 is 1.50 bits per heavy atom. The fraction of sp³-hybridized carbons (Fsp3) is 0.526. The number of nitrogens with zero attached hydrogens (tertiary/aromatic N) is 2. The number of methoxy groups -OCH3 is 1. The molecule has 0 bridgehead atoms. The lowest BCUT2D eigenvalue weighted by molar-refractivity contribution is -0.139. The van der Waals surface area contributed by atoms with E-state index in [0.717, 1.165) is 40.7 Å². The molecule has 140 valence electrons. The van der Waals surface area contributed by atoms with Gasteiger partial charge < -0.3 is 14.6 Å². The third-order valence-corrected chi connectivity index (χ3v) is 6.93. The molecule has 1 spiro atoms. The largest absolute Gasteiger partial charge is 0.481 e. The molecule has 2 aliphatic rings. The fourth-order valence-corrected chi connectivity index (χ4v) is 5.53. The number of piperidine rings is 1. The van der Waals surface area contributed by atoms with E-state index in [2.05, 4.69) is 22.9 Å². The maximum Gasteiger partial charge on any atom is 0.212 e. The zero-order valence-electron chi connectivity index (χ0n) is 14.9. The van der Waals surface area contributed by atoms with Gasteiger partial charge in [-0.05, 0) is 31.4 Å². The van der Waals surface area contributed by atoms with Crippen molar-refractivity contribution in [3.05, 3.63) is 44.7 Å². The number of thiophene rings is 1. The van der Waals surface area contributed by atoms with Gasteiger partial charge in [-0.1, -0.05) is 17.7 Å². The van der Waals surface area contributed by atoms with Crippen LogP contribution in [0.4, 0.5) is 0 Å². The monoisotopic (exact) mass is 394 g/mol. The van der Waals surface area contributed by atoms with E-state index in [1.807, 2.05) is 18.3 Å². The molecule has 1 fully saturated rings. The van der Waals surface area contributed by atoms with Crippen LogP contribution in [0.5, 0.6) is 5.88 Å². The van der Waals surface area contributed by atoms with Gasteiger partial charge >= 0.3 is 0 Å². The maximum atomic E-state index is 10.2. The lowest BCUT2D eigenvalue weighted by Gasteiger charge is -2.47. The van der Waals surface area contributed by atoms with Crippen molar-refractivity contribution < 1.29 is 14.6 Å². The third-order valence-electron chi connectivity index (χ3n) is 5.46. The van der Waals surface area contributed by atoms with Crippen LogP contribution < -0.4 is 4.74 Å². The highest BCUT2D eigenvalue weighted by Gasteiger charge is 2.46. The third kappa shape index (κ3) is 3.25. The van der Waals surface area contributed by atoms with Crippen LogP contribution in [0.2, 0.25) is 4.34 Å². The Morgan fingerprint density at radius 3 is 3.04 bits per heavy atom. The van der Waals surface area contributed by atoms with Crippen molar-refractivity contribution in [2.45, 2.75) is 44.1 Å². The van der Waals surface area contributed by atoms with Crippen molar-refractivity contribution in [3.63, 3.8) is 0 Å². The van der Waals surface area contributed by atoms with Gasteiger partial charge in [0.15, 0.2) is 0 Å². The second kappa shape index (κ2) is 7.09. The summed E-state index contributed by atoms with van der Waals surface area (Å²) in [4.78, 5) is 7.86. The summed E-state index contributed by atoms with van der Waals surface area (Å²) in [6.45, 7) is 4.36. The highest BCUT2D eigenvalue weighted by Crippen LogP contribution is 2.50. The molecule has 0 unspecified atom stereocenters. The molecule has 5 nitrogen and oxygen atoms in total. The first-order chi connectivity index (χ1) is 12.5. The molecular weight excluding hydrogens is 372 g/mol. The zero-order valence-corrected chi connectivity index (χ0v) is 16.5. The number of aliphatic hydroxyl groups excluding tert-OH is 1. The number of ether oxygens (including phenoxy) is 2. The van der Waals surface area contributed by atoms with Gasteiger partial charge in [0.05, 0.1) is 18.1 Å². The number of hydrogen-bond donors (Lipinski definition) is 1. The van der Waals surface area contributed by atoms with Gasteiger partial charge in [0.2, 0.25) is 5.88 Å². The van der Waals surface area contributed by atoms with Gasteiger partial charge in [-0.2, -0.15) is 0 Å². The second-order valence-electron chi connectivity index (χ2n) is 7.14. The van der Waals surface area contributed by atoms with Gasteiger partial charge in [0.25, 0.3) is 0 Å². The van der Waals surface area contributed by atoms with Crippen molar-refractivity contribution in [2.75, 3.05) is 20.3 Å². The number of rotatable bonds is 3. The SMILES string of the molecule is COc1ccc(CN2CC[C@]3(C[C@@H]2C)OC[C@H](O)c2cc(Cl)sc23)cn1. The van der Waals surface area contributed by atoms with E-state index in [1.54, 1.807) is 18.4 Å². The molecule has 0 saturated carbocycles. The Labute approximate surface area is 162 Å². The molecule has 4 rings (SSSR count). The number of fused-ring (bicyclic) bond motifs is 2. The second-order valence-corrected chi connectivity index (χ2v) is 8.82. The number of likely N-dealkylation sites (tertiary alicyclic amines) is 1. The van der Waals surface area contributed by atoms with Crippen LogP contribution in [0, 0.1) is 0 Å². The highest BCUT2D eigenvalue weighted by atomic mass is 35.5. The summed E-state index contributed by atoms with van der Waals surface area (Å²) in [7, 11) is 1.63.